The van der Waals surface area contributed by atoms with Crippen molar-refractivity contribution in [3.8, 4) is 34.5 Å². The Labute approximate surface area is 295 Å². The number of rotatable bonds is 15. The average molecular weight is 731 g/mol. The van der Waals surface area contributed by atoms with E-state index >= 15 is 0 Å². The second-order valence-electron chi connectivity index (χ2n) is 11.6. The monoisotopic (exact) mass is 730 g/mol. The molecule has 0 aromatic heterocycles. The van der Waals surface area contributed by atoms with Crippen LogP contribution in [-0.4, -0.2) is 121 Å². The van der Waals surface area contributed by atoms with Gasteiger partial charge < -0.3 is 69.6 Å². The van der Waals surface area contributed by atoms with Crippen molar-refractivity contribution in [3.05, 3.63) is 82.9 Å². The topological polar surface area (TPSA) is 279 Å². The lowest BCUT2D eigenvalue weighted by atomic mass is 9.98. The van der Waals surface area contributed by atoms with E-state index in [0.717, 1.165) is 30.3 Å². The molecular formula is C35H38O17. The van der Waals surface area contributed by atoms with Crippen molar-refractivity contribution in [3.63, 3.8) is 0 Å². The maximum Gasteiger partial charge on any atom is 0.310 e. The third-order valence-electron chi connectivity index (χ3n) is 7.74. The van der Waals surface area contributed by atoms with Gasteiger partial charge in [-0.15, -0.1) is 0 Å². The van der Waals surface area contributed by atoms with Gasteiger partial charge in [-0.2, -0.15) is 0 Å². The minimum atomic E-state index is -1.88. The second kappa shape index (κ2) is 18.1. The summed E-state index contributed by atoms with van der Waals surface area (Å²) in [6.45, 7) is -2.05. The first-order chi connectivity index (χ1) is 24.8. The van der Waals surface area contributed by atoms with Crippen molar-refractivity contribution < 1.29 is 84.0 Å². The standard InChI is InChI=1S/C35H38O17/c36-8-7-21(15-37)16-49-35-32(47)34(52-31(46)14-20-3-6-24(40)27(43)11-20)33(51-30(45)13-19-2-5-23(39)26(42)10-19)28(50-35)17-48-29(44)12-18-1-4-22(38)25(41)9-18/h1-7,9-11,28,32-43,47H,8,12-17H2. The fourth-order valence-electron chi connectivity index (χ4n) is 5.08. The zero-order valence-electron chi connectivity index (χ0n) is 27.4. The molecule has 17 heteroatoms. The predicted molar refractivity (Wildman–Crippen MR) is 174 cm³/mol. The first kappa shape index (κ1) is 39.2. The van der Waals surface area contributed by atoms with E-state index in [9.17, 15) is 60.3 Å². The fraction of sp³-hybridized carbons (Fsp3) is 0.343. The molecule has 1 heterocycles. The SMILES string of the molecule is O=C(Cc1ccc(O)c(O)c1)OCC1OC(OCC(=CCO)CO)C(O)C(OC(=O)Cc2ccc(O)c(O)c2)C1OC(=O)Cc1ccc(O)c(O)c1. The van der Waals surface area contributed by atoms with Gasteiger partial charge in [-0.25, -0.2) is 0 Å². The van der Waals surface area contributed by atoms with Crippen LogP contribution in [0.2, 0.25) is 0 Å². The first-order valence-electron chi connectivity index (χ1n) is 15.7. The van der Waals surface area contributed by atoms with Crippen LogP contribution in [0.15, 0.2) is 66.2 Å². The zero-order valence-corrected chi connectivity index (χ0v) is 27.4. The van der Waals surface area contributed by atoms with E-state index < -0.39 is 122 Å². The summed E-state index contributed by atoms with van der Waals surface area (Å²) >= 11 is 0. The number of hydrogen-bond donors (Lipinski definition) is 9. The molecule has 9 N–H and O–H groups in total. The maximum atomic E-state index is 13.2. The zero-order chi connectivity index (χ0) is 37.9. The van der Waals surface area contributed by atoms with Crippen molar-refractivity contribution in [2.45, 2.75) is 50.0 Å². The number of carbonyl (C=O) groups is 3. The minimum absolute atomic E-state index is 0.185. The summed E-state index contributed by atoms with van der Waals surface area (Å²) in [6, 6.07) is 10.8. The third-order valence-corrected chi connectivity index (χ3v) is 7.74. The summed E-state index contributed by atoms with van der Waals surface area (Å²) in [5, 5.41) is 88.6. The molecule has 52 heavy (non-hydrogen) atoms. The first-order valence-corrected chi connectivity index (χ1v) is 15.7. The highest BCUT2D eigenvalue weighted by molar-refractivity contribution is 5.75. The number of aromatic hydroxyl groups is 6. The molecule has 0 radical (unpaired) electrons. The number of hydrogen-bond acceptors (Lipinski definition) is 17. The van der Waals surface area contributed by atoms with Crippen LogP contribution in [0.4, 0.5) is 0 Å². The summed E-state index contributed by atoms with van der Waals surface area (Å²) in [5.74, 6) is -5.66. The van der Waals surface area contributed by atoms with Gasteiger partial charge in [0.05, 0.1) is 39.1 Å². The summed E-state index contributed by atoms with van der Waals surface area (Å²) in [4.78, 5) is 39.3. The van der Waals surface area contributed by atoms with Crippen LogP contribution in [-0.2, 0) is 57.3 Å². The van der Waals surface area contributed by atoms with Crippen LogP contribution < -0.4 is 0 Å². The largest absolute Gasteiger partial charge is 0.504 e. The lowest BCUT2D eigenvalue weighted by molar-refractivity contribution is -0.304. The quantitative estimate of drug-likeness (QED) is 0.0441. The van der Waals surface area contributed by atoms with Gasteiger partial charge in [0.1, 0.15) is 18.8 Å². The average Bonchev–Trinajstić information content (AvgIpc) is 3.09. The normalized spacial score (nSPS) is 20.2. The van der Waals surface area contributed by atoms with Crippen molar-refractivity contribution in [1.29, 1.82) is 0 Å². The predicted octanol–water partition coefficient (Wildman–Crippen LogP) is 0.328. The number of carbonyl (C=O) groups excluding carboxylic acids is 3. The van der Waals surface area contributed by atoms with Gasteiger partial charge >= 0.3 is 17.9 Å². The number of phenols is 6. The molecule has 1 aliphatic heterocycles. The van der Waals surface area contributed by atoms with Gasteiger partial charge in [0, 0.05) is 0 Å². The van der Waals surface area contributed by atoms with Crippen molar-refractivity contribution in [2.75, 3.05) is 26.4 Å². The van der Waals surface area contributed by atoms with Gasteiger partial charge in [0.2, 0.25) is 0 Å². The molecule has 280 valence electrons. The molecule has 1 aliphatic rings. The van der Waals surface area contributed by atoms with Gasteiger partial charge in [-0.1, -0.05) is 24.3 Å². The highest BCUT2D eigenvalue weighted by atomic mass is 16.7. The fourth-order valence-corrected chi connectivity index (χ4v) is 5.08. The maximum absolute atomic E-state index is 13.2. The van der Waals surface area contributed by atoms with E-state index in [4.69, 9.17) is 23.7 Å². The van der Waals surface area contributed by atoms with Crippen LogP contribution in [0, 0.1) is 0 Å². The van der Waals surface area contributed by atoms with Gasteiger partial charge in [0.15, 0.2) is 53.0 Å². The lowest BCUT2D eigenvalue weighted by Crippen LogP contribution is -2.62. The van der Waals surface area contributed by atoms with Crippen molar-refractivity contribution in [1.82, 2.24) is 0 Å². The lowest BCUT2D eigenvalue weighted by Gasteiger charge is -2.43. The Kier molecular flexibility index (Phi) is 13.6. The molecule has 17 nitrogen and oxygen atoms in total. The third kappa shape index (κ3) is 10.7. The Morgan fingerprint density at radius 3 is 1.56 bits per heavy atom. The summed E-state index contributed by atoms with van der Waals surface area (Å²) < 4.78 is 28.1. The highest BCUT2D eigenvalue weighted by Crippen LogP contribution is 2.31. The Morgan fingerprint density at radius 2 is 1.12 bits per heavy atom. The Balaban J connectivity index is 1.62. The Bertz CT molecular complexity index is 1760. The number of ether oxygens (including phenoxy) is 5. The molecule has 0 amide bonds. The minimum Gasteiger partial charge on any atom is -0.504 e. The van der Waals surface area contributed by atoms with Crippen LogP contribution in [0.1, 0.15) is 16.7 Å². The summed E-state index contributed by atoms with van der Waals surface area (Å²) in [7, 11) is 0. The van der Waals surface area contributed by atoms with Crippen LogP contribution >= 0.6 is 0 Å². The Morgan fingerprint density at radius 1 is 0.654 bits per heavy atom. The van der Waals surface area contributed by atoms with Crippen LogP contribution in [0.3, 0.4) is 0 Å². The van der Waals surface area contributed by atoms with E-state index in [1.165, 1.54) is 30.3 Å². The molecule has 5 unspecified atom stereocenters. The Hall–Kier alpha value is -5.59. The number of aliphatic hydroxyl groups is 3. The van der Waals surface area contributed by atoms with Gasteiger partial charge in [-0.05, 0) is 58.7 Å². The molecule has 3 aromatic carbocycles. The van der Waals surface area contributed by atoms with Gasteiger partial charge in [0.25, 0.3) is 0 Å². The van der Waals surface area contributed by atoms with E-state index in [0.29, 0.717) is 0 Å². The van der Waals surface area contributed by atoms with E-state index in [1.54, 1.807) is 0 Å². The van der Waals surface area contributed by atoms with Crippen LogP contribution in [0.25, 0.3) is 0 Å². The molecular weight excluding hydrogens is 692 g/mol. The highest BCUT2D eigenvalue weighted by Gasteiger charge is 2.51. The smallest absolute Gasteiger partial charge is 0.310 e. The molecule has 1 fully saturated rings. The second-order valence-corrected chi connectivity index (χ2v) is 11.6. The van der Waals surface area contributed by atoms with Crippen molar-refractivity contribution >= 4 is 17.9 Å². The molecule has 0 aliphatic carbocycles. The number of aliphatic hydroxyl groups excluding tert-OH is 3. The van der Waals surface area contributed by atoms with E-state index in [2.05, 4.69) is 0 Å². The van der Waals surface area contributed by atoms with Gasteiger partial charge in [-0.3, -0.25) is 14.4 Å². The molecule has 4 rings (SSSR count). The molecule has 0 saturated carbocycles. The van der Waals surface area contributed by atoms with Crippen LogP contribution in [0.5, 0.6) is 34.5 Å². The number of benzene rings is 3. The van der Waals surface area contributed by atoms with E-state index in [-0.39, 0.29) is 28.7 Å². The molecule has 5 atom stereocenters. The molecule has 0 bridgehead atoms. The summed E-state index contributed by atoms with van der Waals surface area (Å²) in [5.41, 5.74) is 0.848. The molecule has 0 spiro atoms. The molecule has 1 saturated heterocycles. The number of phenolic OH excluding ortho intramolecular Hbond substituents is 6. The molecule has 3 aromatic rings. The number of esters is 3. The van der Waals surface area contributed by atoms with Crippen molar-refractivity contribution in [2.24, 2.45) is 0 Å². The van der Waals surface area contributed by atoms with E-state index in [1.807, 2.05) is 0 Å². The summed E-state index contributed by atoms with van der Waals surface area (Å²) in [6.07, 6.45) is -8.60.